The van der Waals surface area contributed by atoms with E-state index in [0.717, 1.165) is 6.54 Å². The van der Waals surface area contributed by atoms with E-state index in [9.17, 15) is 4.79 Å². The molecule has 0 aromatic rings. The molecule has 1 aliphatic carbocycles. The Bertz CT molecular complexity index is 206. The van der Waals surface area contributed by atoms with Gasteiger partial charge in [-0.25, -0.2) is 0 Å². The summed E-state index contributed by atoms with van der Waals surface area (Å²) in [5.74, 6) is 0.662. The fraction of sp³-hybridized carbons (Fsp3) is 0.875. The van der Waals surface area contributed by atoms with Crippen LogP contribution in [0.4, 0.5) is 0 Å². The van der Waals surface area contributed by atoms with Gasteiger partial charge in [0, 0.05) is 6.04 Å². The number of carbonyl (C=O) groups is 1. The number of ether oxygens (including phenoxy) is 1. The van der Waals surface area contributed by atoms with E-state index in [2.05, 4.69) is 10.1 Å². The molecule has 68 valence electrons. The molecule has 0 aromatic carbocycles. The van der Waals surface area contributed by atoms with Crippen LogP contribution < -0.4 is 5.32 Å². The van der Waals surface area contributed by atoms with Crippen LogP contribution in [-0.2, 0) is 9.53 Å². The van der Waals surface area contributed by atoms with Gasteiger partial charge in [0.1, 0.15) is 0 Å². The molecule has 2 aliphatic rings. The molecule has 2 fully saturated rings. The lowest BCUT2D eigenvalue weighted by Crippen LogP contribution is -2.33. The van der Waals surface area contributed by atoms with Gasteiger partial charge >= 0.3 is 5.97 Å². The highest BCUT2D eigenvalue weighted by Gasteiger charge is 2.61. The van der Waals surface area contributed by atoms with Crippen LogP contribution in [-0.4, -0.2) is 37.4 Å². The lowest BCUT2D eigenvalue weighted by atomic mass is 10.2. The van der Waals surface area contributed by atoms with Gasteiger partial charge in [0.05, 0.1) is 19.6 Å². The minimum absolute atomic E-state index is 0.0494. The Morgan fingerprint density at radius 2 is 2.50 bits per heavy atom. The van der Waals surface area contributed by atoms with Crippen molar-refractivity contribution in [2.45, 2.75) is 6.04 Å². The van der Waals surface area contributed by atoms with Gasteiger partial charge in [0.2, 0.25) is 0 Å². The number of carbonyl (C=O) groups excluding carboxylic acids is 1. The standard InChI is InChI=1S/C8H13NO3/c1-12-8(11)7-4-2-9-5(3-10)6(4)7/h4-7,9-10H,2-3H2,1H3. The molecule has 0 aromatic heterocycles. The molecule has 0 bridgehead atoms. The van der Waals surface area contributed by atoms with E-state index in [1.54, 1.807) is 0 Å². The molecule has 0 radical (unpaired) electrons. The number of rotatable bonds is 2. The Labute approximate surface area is 70.9 Å². The zero-order valence-electron chi connectivity index (χ0n) is 6.99. The van der Waals surface area contributed by atoms with Crippen LogP contribution in [0.2, 0.25) is 0 Å². The van der Waals surface area contributed by atoms with E-state index in [1.807, 2.05) is 0 Å². The second-order valence-corrected chi connectivity index (χ2v) is 3.49. The number of aliphatic hydroxyl groups is 1. The van der Waals surface area contributed by atoms with Crippen molar-refractivity contribution in [3.63, 3.8) is 0 Å². The summed E-state index contributed by atoms with van der Waals surface area (Å²) in [4.78, 5) is 11.1. The molecule has 0 spiro atoms. The topological polar surface area (TPSA) is 58.6 Å². The largest absolute Gasteiger partial charge is 0.469 e. The van der Waals surface area contributed by atoms with E-state index >= 15 is 0 Å². The quantitative estimate of drug-likeness (QED) is 0.522. The Balaban J connectivity index is 1.96. The van der Waals surface area contributed by atoms with Crippen LogP contribution in [0.1, 0.15) is 0 Å². The first kappa shape index (κ1) is 8.01. The minimum Gasteiger partial charge on any atom is -0.469 e. The molecule has 1 saturated carbocycles. The number of piperidine rings is 1. The first-order chi connectivity index (χ1) is 5.79. The van der Waals surface area contributed by atoms with Gasteiger partial charge in [0.25, 0.3) is 0 Å². The Kier molecular flexibility index (Phi) is 1.81. The summed E-state index contributed by atoms with van der Waals surface area (Å²) in [6.07, 6.45) is 0. The van der Waals surface area contributed by atoms with E-state index in [0.29, 0.717) is 11.8 Å². The zero-order valence-corrected chi connectivity index (χ0v) is 6.99. The van der Waals surface area contributed by atoms with Gasteiger partial charge in [-0.1, -0.05) is 0 Å². The molecule has 4 nitrogen and oxygen atoms in total. The van der Waals surface area contributed by atoms with Gasteiger partial charge in [-0.15, -0.1) is 0 Å². The van der Waals surface area contributed by atoms with Crippen LogP contribution in [0.15, 0.2) is 0 Å². The molecular formula is C8H13NO3. The maximum Gasteiger partial charge on any atom is 0.309 e. The number of hydrogen-bond donors (Lipinski definition) is 2. The number of nitrogens with one attached hydrogen (secondary N) is 1. The Hall–Kier alpha value is -0.610. The summed E-state index contributed by atoms with van der Waals surface area (Å²) in [6.45, 7) is 0.963. The van der Waals surface area contributed by atoms with Crippen molar-refractivity contribution in [2.75, 3.05) is 20.3 Å². The number of hydrogen-bond acceptors (Lipinski definition) is 4. The molecule has 4 unspecified atom stereocenters. The van der Waals surface area contributed by atoms with Gasteiger partial charge in [-0.05, 0) is 18.4 Å². The van der Waals surface area contributed by atoms with Gasteiger partial charge < -0.3 is 15.2 Å². The normalized spacial score (nSPS) is 43.8. The Morgan fingerprint density at radius 1 is 1.75 bits per heavy atom. The molecule has 4 heteroatoms. The molecular weight excluding hydrogens is 158 g/mol. The monoisotopic (exact) mass is 171 g/mol. The lowest BCUT2D eigenvalue weighted by molar-refractivity contribution is -0.143. The van der Waals surface area contributed by atoms with Crippen molar-refractivity contribution in [1.29, 1.82) is 0 Å². The number of aliphatic hydroxyl groups excluding tert-OH is 1. The fourth-order valence-corrected chi connectivity index (χ4v) is 2.29. The van der Waals surface area contributed by atoms with Crippen LogP contribution in [0.25, 0.3) is 0 Å². The van der Waals surface area contributed by atoms with E-state index in [1.165, 1.54) is 7.11 Å². The summed E-state index contributed by atoms with van der Waals surface area (Å²) < 4.78 is 4.65. The first-order valence-corrected chi connectivity index (χ1v) is 4.21. The second kappa shape index (κ2) is 2.71. The third-order valence-corrected chi connectivity index (χ3v) is 2.98. The highest BCUT2D eigenvalue weighted by atomic mass is 16.5. The van der Waals surface area contributed by atoms with Gasteiger partial charge in [0.15, 0.2) is 0 Å². The van der Waals surface area contributed by atoms with E-state index < -0.39 is 0 Å². The third-order valence-electron chi connectivity index (χ3n) is 2.98. The van der Waals surface area contributed by atoms with Crippen LogP contribution >= 0.6 is 0 Å². The van der Waals surface area contributed by atoms with E-state index in [-0.39, 0.29) is 24.5 Å². The predicted octanol–water partition coefficient (Wildman–Crippen LogP) is -1.01. The summed E-state index contributed by atoms with van der Waals surface area (Å²) >= 11 is 0. The van der Waals surface area contributed by atoms with E-state index in [4.69, 9.17) is 5.11 Å². The molecule has 1 saturated heterocycles. The first-order valence-electron chi connectivity index (χ1n) is 4.21. The molecule has 1 heterocycles. The molecule has 4 atom stereocenters. The highest BCUT2D eigenvalue weighted by Crippen LogP contribution is 2.52. The van der Waals surface area contributed by atoms with Gasteiger partial charge in [-0.3, -0.25) is 4.79 Å². The summed E-state index contributed by atoms with van der Waals surface area (Å²) in [5.41, 5.74) is 0. The van der Waals surface area contributed by atoms with Crippen molar-refractivity contribution in [2.24, 2.45) is 17.8 Å². The molecule has 12 heavy (non-hydrogen) atoms. The molecule has 0 amide bonds. The summed E-state index contributed by atoms with van der Waals surface area (Å²) in [7, 11) is 1.41. The van der Waals surface area contributed by atoms with Gasteiger partial charge in [-0.2, -0.15) is 0 Å². The fourth-order valence-electron chi connectivity index (χ4n) is 2.29. The summed E-state index contributed by atoms with van der Waals surface area (Å²) in [5, 5.41) is 12.1. The number of esters is 1. The second-order valence-electron chi connectivity index (χ2n) is 3.49. The van der Waals surface area contributed by atoms with Crippen LogP contribution in [0.3, 0.4) is 0 Å². The average molecular weight is 171 g/mol. The molecule has 2 rings (SSSR count). The lowest BCUT2D eigenvalue weighted by Gasteiger charge is -2.11. The highest BCUT2D eigenvalue weighted by molar-refractivity contribution is 5.77. The summed E-state index contributed by atoms with van der Waals surface area (Å²) in [6, 6.07) is 0.110. The predicted molar refractivity (Wildman–Crippen MR) is 41.4 cm³/mol. The third kappa shape index (κ3) is 0.949. The van der Waals surface area contributed by atoms with Crippen LogP contribution in [0, 0.1) is 17.8 Å². The number of fused-ring (bicyclic) bond motifs is 1. The molecule has 1 aliphatic heterocycles. The smallest absolute Gasteiger partial charge is 0.309 e. The number of methoxy groups -OCH3 is 1. The maximum atomic E-state index is 11.1. The van der Waals surface area contributed by atoms with Crippen molar-refractivity contribution >= 4 is 5.97 Å². The van der Waals surface area contributed by atoms with Crippen molar-refractivity contribution in [1.82, 2.24) is 5.32 Å². The van der Waals surface area contributed by atoms with Crippen molar-refractivity contribution < 1.29 is 14.6 Å². The SMILES string of the molecule is COC(=O)C1C2CNC(CO)C21. The van der Waals surface area contributed by atoms with Crippen LogP contribution in [0.5, 0.6) is 0 Å². The van der Waals surface area contributed by atoms with Crippen molar-refractivity contribution in [3.8, 4) is 0 Å². The zero-order chi connectivity index (χ0) is 8.72. The van der Waals surface area contributed by atoms with Crippen molar-refractivity contribution in [3.05, 3.63) is 0 Å². The Morgan fingerprint density at radius 3 is 3.08 bits per heavy atom. The average Bonchev–Trinajstić information content (AvgIpc) is 2.67. The maximum absolute atomic E-state index is 11.1. The minimum atomic E-state index is -0.120. The molecule has 2 N–H and O–H groups in total.